The van der Waals surface area contributed by atoms with Crippen molar-refractivity contribution in [3.05, 3.63) is 0 Å². The predicted molar refractivity (Wildman–Crippen MR) is 47.6 cm³/mol. The first-order valence-electron chi connectivity index (χ1n) is 4.32. The lowest BCUT2D eigenvalue weighted by atomic mass is 9.95. The van der Waals surface area contributed by atoms with Crippen molar-refractivity contribution < 1.29 is 47.4 Å². The van der Waals surface area contributed by atoms with Gasteiger partial charge in [-0.15, -0.1) is 0 Å². The van der Waals surface area contributed by atoms with Crippen LogP contribution in [0.3, 0.4) is 0 Å². The summed E-state index contributed by atoms with van der Waals surface area (Å²) in [4.78, 5) is 0. The first-order valence-corrected chi connectivity index (χ1v) is 5.69. The molecule has 11 heteroatoms. The van der Waals surface area contributed by atoms with Gasteiger partial charge in [-0.2, -0.15) is 8.42 Å². The molecule has 1 heterocycles. The molecule has 6 N–H and O–H groups in total. The maximum Gasteiger partial charge on any atom is 0.400 e. The van der Waals surface area contributed by atoms with Crippen LogP contribution in [0.4, 0.5) is 0 Å². The molecule has 0 aromatic carbocycles. The van der Waals surface area contributed by atoms with Gasteiger partial charge in [0.25, 0.3) is 0 Å². The average Bonchev–Trinajstić information content (AvgIpc) is 2.19. The number of rotatable bonds is 3. The molecule has 17 heavy (non-hydrogen) atoms. The standard InChI is InChI=1S/C6H12O10S/c7-1-2-3(8)6(11,16-17(12,13)14)4(9)5(10)15-2/h2-5,7-11H,1H2,(H,12,13,14)/t2-,3+,4+,5-,6-/m1/s1. The highest BCUT2D eigenvalue weighted by atomic mass is 32.3. The second-order valence-electron chi connectivity index (χ2n) is 3.40. The molecule has 1 aliphatic rings. The minimum Gasteiger partial charge on any atom is -0.394 e. The molecule has 0 amide bonds. The van der Waals surface area contributed by atoms with Crippen LogP contribution in [0, 0.1) is 0 Å². The molecule has 0 aromatic heterocycles. The van der Waals surface area contributed by atoms with Gasteiger partial charge in [-0.1, -0.05) is 0 Å². The van der Waals surface area contributed by atoms with E-state index in [0.717, 1.165) is 0 Å². The molecule has 102 valence electrons. The zero-order valence-electron chi connectivity index (χ0n) is 8.24. The highest BCUT2D eigenvalue weighted by Gasteiger charge is 2.58. The largest absolute Gasteiger partial charge is 0.400 e. The van der Waals surface area contributed by atoms with Gasteiger partial charge in [-0.25, -0.2) is 4.18 Å². The molecular weight excluding hydrogens is 264 g/mol. The lowest BCUT2D eigenvalue weighted by Gasteiger charge is -2.44. The quantitative estimate of drug-likeness (QED) is 0.220. The Morgan fingerprint density at radius 3 is 2.18 bits per heavy atom. The van der Waals surface area contributed by atoms with E-state index in [-0.39, 0.29) is 0 Å². The van der Waals surface area contributed by atoms with Crippen LogP contribution in [0.15, 0.2) is 0 Å². The van der Waals surface area contributed by atoms with E-state index in [1.54, 1.807) is 0 Å². The third-order valence-corrected chi connectivity index (χ3v) is 2.68. The maximum atomic E-state index is 10.5. The summed E-state index contributed by atoms with van der Waals surface area (Å²) in [5, 5.41) is 46.2. The molecule has 0 aromatic rings. The molecule has 0 unspecified atom stereocenters. The van der Waals surface area contributed by atoms with Crippen LogP contribution >= 0.6 is 0 Å². The van der Waals surface area contributed by atoms with E-state index in [0.29, 0.717) is 0 Å². The molecule has 0 bridgehead atoms. The van der Waals surface area contributed by atoms with Gasteiger partial charge in [-0.3, -0.25) is 4.55 Å². The molecule has 0 aliphatic carbocycles. The van der Waals surface area contributed by atoms with Gasteiger partial charge < -0.3 is 30.3 Å². The summed E-state index contributed by atoms with van der Waals surface area (Å²) in [6, 6.07) is 0. The monoisotopic (exact) mass is 276 g/mol. The molecule has 5 atom stereocenters. The summed E-state index contributed by atoms with van der Waals surface area (Å²) >= 11 is 0. The van der Waals surface area contributed by atoms with Gasteiger partial charge in [0, 0.05) is 0 Å². The van der Waals surface area contributed by atoms with Gasteiger partial charge in [0.15, 0.2) is 12.4 Å². The van der Waals surface area contributed by atoms with Gasteiger partial charge in [0.1, 0.15) is 12.2 Å². The predicted octanol–water partition coefficient (Wildman–Crippen LogP) is -4.07. The van der Waals surface area contributed by atoms with Crippen LogP contribution in [0.25, 0.3) is 0 Å². The Kier molecular flexibility index (Phi) is 4.08. The second-order valence-corrected chi connectivity index (χ2v) is 4.42. The summed E-state index contributed by atoms with van der Waals surface area (Å²) in [6.45, 7) is -0.901. The Labute approximate surface area is 95.6 Å². The van der Waals surface area contributed by atoms with E-state index in [1.165, 1.54) is 0 Å². The number of ether oxygens (including phenoxy) is 1. The van der Waals surface area contributed by atoms with Crippen molar-refractivity contribution >= 4 is 10.4 Å². The van der Waals surface area contributed by atoms with Gasteiger partial charge in [0.2, 0.25) is 5.79 Å². The second kappa shape index (κ2) is 4.72. The Morgan fingerprint density at radius 2 is 1.76 bits per heavy atom. The van der Waals surface area contributed by atoms with Gasteiger partial charge in [0.05, 0.1) is 6.61 Å². The Balaban J connectivity index is 3.06. The summed E-state index contributed by atoms with van der Waals surface area (Å²) in [7, 11) is -5.22. The third-order valence-electron chi connectivity index (χ3n) is 2.20. The van der Waals surface area contributed by atoms with Crippen LogP contribution in [0.2, 0.25) is 0 Å². The molecule has 1 saturated heterocycles. The first-order chi connectivity index (χ1) is 7.62. The Morgan fingerprint density at radius 1 is 1.24 bits per heavy atom. The Bertz CT molecular complexity index is 367. The number of hydrogen-bond acceptors (Lipinski definition) is 9. The molecule has 0 saturated carbocycles. The fraction of sp³-hybridized carbons (Fsp3) is 1.00. The van der Waals surface area contributed by atoms with Crippen LogP contribution < -0.4 is 0 Å². The van der Waals surface area contributed by atoms with Crippen LogP contribution in [-0.4, -0.2) is 75.5 Å². The molecule has 0 radical (unpaired) electrons. The van der Waals surface area contributed by atoms with E-state index < -0.39 is 47.4 Å². The zero-order chi connectivity index (χ0) is 13.4. The van der Waals surface area contributed by atoms with E-state index in [4.69, 9.17) is 14.8 Å². The highest BCUT2D eigenvalue weighted by molar-refractivity contribution is 7.80. The summed E-state index contributed by atoms with van der Waals surface area (Å²) in [6.07, 6.45) is -8.32. The minimum atomic E-state index is -5.22. The third kappa shape index (κ3) is 2.90. The summed E-state index contributed by atoms with van der Waals surface area (Å²) < 4.78 is 37.5. The molecule has 0 spiro atoms. The van der Waals surface area contributed by atoms with Crippen LogP contribution in [-0.2, 0) is 19.3 Å². The van der Waals surface area contributed by atoms with Crippen molar-refractivity contribution in [3.8, 4) is 0 Å². The molecule has 1 fully saturated rings. The summed E-state index contributed by atoms with van der Waals surface area (Å²) in [5.74, 6) is -3.24. The molecule has 1 aliphatic heterocycles. The van der Waals surface area contributed by atoms with Crippen LogP contribution in [0.1, 0.15) is 0 Å². The average molecular weight is 276 g/mol. The maximum absolute atomic E-state index is 10.5. The molecule has 1 rings (SSSR count). The minimum absolute atomic E-state index is 0.901. The fourth-order valence-corrected chi connectivity index (χ4v) is 1.92. The number of aliphatic hydroxyl groups excluding tert-OH is 4. The smallest absolute Gasteiger partial charge is 0.394 e. The van der Waals surface area contributed by atoms with Crippen molar-refractivity contribution in [2.45, 2.75) is 30.4 Å². The van der Waals surface area contributed by atoms with E-state index in [9.17, 15) is 23.7 Å². The van der Waals surface area contributed by atoms with Gasteiger partial charge in [-0.05, 0) is 0 Å². The lowest BCUT2D eigenvalue weighted by Crippen LogP contribution is -2.68. The molecule has 10 nitrogen and oxygen atoms in total. The van der Waals surface area contributed by atoms with E-state index in [1.807, 2.05) is 0 Å². The highest BCUT2D eigenvalue weighted by Crippen LogP contribution is 2.31. The number of hydrogen-bond donors (Lipinski definition) is 6. The topological polar surface area (TPSA) is 174 Å². The van der Waals surface area contributed by atoms with Crippen molar-refractivity contribution in [2.24, 2.45) is 0 Å². The van der Waals surface area contributed by atoms with Crippen molar-refractivity contribution in [3.63, 3.8) is 0 Å². The van der Waals surface area contributed by atoms with Gasteiger partial charge >= 0.3 is 10.4 Å². The SMILES string of the molecule is O=S(=O)(O)O[C@@]1(O)[C@@H](O)[C@H](O)O[C@H](CO)[C@@H]1O. The van der Waals surface area contributed by atoms with E-state index in [2.05, 4.69) is 8.92 Å². The van der Waals surface area contributed by atoms with Crippen molar-refractivity contribution in [1.82, 2.24) is 0 Å². The lowest BCUT2D eigenvalue weighted by molar-refractivity contribution is -0.371. The normalized spacial score (nSPS) is 43.6. The number of aliphatic hydroxyl groups is 5. The molecular formula is C6H12O10S. The van der Waals surface area contributed by atoms with Crippen LogP contribution in [0.5, 0.6) is 0 Å². The van der Waals surface area contributed by atoms with Crippen molar-refractivity contribution in [2.75, 3.05) is 6.61 Å². The Hall–Kier alpha value is -0.370. The summed E-state index contributed by atoms with van der Waals surface area (Å²) in [5.41, 5.74) is 0. The van der Waals surface area contributed by atoms with E-state index >= 15 is 0 Å². The zero-order valence-corrected chi connectivity index (χ0v) is 9.06. The first kappa shape index (κ1) is 14.7. The van der Waals surface area contributed by atoms with Crippen molar-refractivity contribution in [1.29, 1.82) is 0 Å². The fourth-order valence-electron chi connectivity index (χ4n) is 1.38.